The quantitative estimate of drug-likeness (QED) is 0.830. The van der Waals surface area contributed by atoms with Crippen LogP contribution in [0.4, 0.5) is 5.69 Å². The van der Waals surface area contributed by atoms with E-state index >= 15 is 0 Å². The fourth-order valence-electron chi connectivity index (χ4n) is 1.82. The first-order valence-corrected chi connectivity index (χ1v) is 6.23. The van der Waals surface area contributed by atoms with Gasteiger partial charge in [0.25, 0.3) is 0 Å². The van der Waals surface area contributed by atoms with E-state index in [9.17, 15) is 4.79 Å². The number of aromatic nitrogens is 1. The minimum atomic E-state index is -0.793. The van der Waals surface area contributed by atoms with Gasteiger partial charge in [-0.2, -0.15) is 0 Å². The van der Waals surface area contributed by atoms with Crippen molar-refractivity contribution in [3.8, 4) is 5.88 Å². The van der Waals surface area contributed by atoms with Gasteiger partial charge in [-0.05, 0) is 38.7 Å². The molecule has 0 spiro atoms. The molecule has 18 heavy (non-hydrogen) atoms. The summed E-state index contributed by atoms with van der Waals surface area (Å²) < 4.78 is 5.23. The number of ether oxygens (including phenoxy) is 1. The lowest BCUT2D eigenvalue weighted by atomic mass is 9.96. The minimum Gasteiger partial charge on any atom is -0.478 e. The lowest BCUT2D eigenvalue weighted by Crippen LogP contribution is -2.50. The number of pyridine rings is 1. The SMILES string of the molecule is CCOc1ccc(NC(=O)C(C)(N)C2CC2)cn1. The lowest BCUT2D eigenvalue weighted by Gasteiger charge is -2.23. The normalized spacial score (nSPS) is 17.9. The summed E-state index contributed by atoms with van der Waals surface area (Å²) >= 11 is 0. The van der Waals surface area contributed by atoms with Crippen LogP contribution >= 0.6 is 0 Å². The minimum absolute atomic E-state index is 0.157. The van der Waals surface area contributed by atoms with Crippen LogP contribution in [-0.2, 0) is 4.79 Å². The number of nitrogens with one attached hydrogen (secondary N) is 1. The standard InChI is InChI=1S/C13H19N3O2/c1-3-18-11-7-6-10(8-15-11)16-12(17)13(2,14)9-4-5-9/h6-9H,3-5,14H2,1-2H3,(H,16,17). The highest BCUT2D eigenvalue weighted by atomic mass is 16.5. The maximum absolute atomic E-state index is 12.0. The molecule has 2 rings (SSSR count). The highest BCUT2D eigenvalue weighted by Crippen LogP contribution is 2.38. The lowest BCUT2D eigenvalue weighted by molar-refractivity contribution is -0.121. The van der Waals surface area contributed by atoms with E-state index in [2.05, 4.69) is 10.3 Å². The summed E-state index contributed by atoms with van der Waals surface area (Å²) in [6.07, 6.45) is 3.63. The van der Waals surface area contributed by atoms with Crippen LogP contribution < -0.4 is 15.8 Å². The van der Waals surface area contributed by atoms with Crippen molar-refractivity contribution < 1.29 is 9.53 Å². The number of amides is 1. The van der Waals surface area contributed by atoms with Crippen molar-refractivity contribution in [1.82, 2.24) is 4.98 Å². The Balaban J connectivity index is 1.98. The molecule has 1 amide bonds. The Bertz CT molecular complexity index is 424. The van der Waals surface area contributed by atoms with Crippen molar-refractivity contribution in [3.05, 3.63) is 18.3 Å². The Morgan fingerprint density at radius 3 is 2.83 bits per heavy atom. The Kier molecular flexibility index (Phi) is 3.52. The Hall–Kier alpha value is -1.62. The van der Waals surface area contributed by atoms with E-state index in [-0.39, 0.29) is 5.91 Å². The van der Waals surface area contributed by atoms with Crippen molar-refractivity contribution >= 4 is 11.6 Å². The average molecular weight is 249 g/mol. The second kappa shape index (κ2) is 4.94. The first-order chi connectivity index (χ1) is 8.54. The van der Waals surface area contributed by atoms with Crippen LogP contribution in [-0.4, -0.2) is 23.0 Å². The molecule has 0 saturated heterocycles. The maximum atomic E-state index is 12.0. The predicted molar refractivity (Wildman–Crippen MR) is 69.4 cm³/mol. The molecule has 0 bridgehead atoms. The van der Waals surface area contributed by atoms with Gasteiger partial charge in [0.15, 0.2) is 0 Å². The predicted octanol–water partition coefficient (Wildman–Crippen LogP) is 1.55. The Labute approximate surface area is 107 Å². The molecule has 0 aromatic carbocycles. The van der Waals surface area contributed by atoms with Gasteiger partial charge in [-0.1, -0.05) is 0 Å². The van der Waals surface area contributed by atoms with Gasteiger partial charge in [0, 0.05) is 6.07 Å². The van der Waals surface area contributed by atoms with Gasteiger partial charge in [-0.3, -0.25) is 4.79 Å². The molecule has 1 aliphatic carbocycles. The zero-order chi connectivity index (χ0) is 13.2. The third kappa shape index (κ3) is 2.79. The maximum Gasteiger partial charge on any atom is 0.244 e. The van der Waals surface area contributed by atoms with E-state index in [1.165, 1.54) is 0 Å². The van der Waals surface area contributed by atoms with Crippen LogP contribution in [0.1, 0.15) is 26.7 Å². The molecular formula is C13H19N3O2. The molecule has 1 fully saturated rings. The summed E-state index contributed by atoms with van der Waals surface area (Å²) in [7, 11) is 0. The molecule has 1 aliphatic rings. The van der Waals surface area contributed by atoms with Gasteiger partial charge < -0.3 is 15.8 Å². The number of hydrogen-bond donors (Lipinski definition) is 2. The molecule has 5 nitrogen and oxygen atoms in total. The third-order valence-corrected chi connectivity index (χ3v) is 3.20. The van der Waals surface area contributed by atoms with Gasteiger partial charge in [0.2, 0.25) is 11.8 Å². The van der Waals surface area contributed by atoms with E-state index in [1.54, 1.807) is 25.3 Å². The highest BCUT2D eigenvalue weighted by molar-refractivity contribution is 5.98. The molecule has 0 aliphatic heterocycles. The summed E-state index contributed by atoms with van der Waals surface area (Å²) in [5, 5.41) is 2.79. The number of nitrogens with two attached hydrogens (primary N) is 1. The summed E-state index contributed by atoms with van der Waals surface area (Å²) in [5.74, 6) is 0.692. The number of carbonyl (C=O) groups is 1. The smallest absolute Gasteiger partial charge is 0.244 e. The molecule has 1 aromatic rings. The van der Waals surface area contributed by atoms with E-state index < -0.39 is 5.54 Å². The first-order valence-electron chi connectivity index (χ1n) is 6.23. The van der Waals surface area contributed by atoms with Crippen molar-refractivity contribution in [2.75, 3.05) is 11.9 Å². The van der Waals surface area contributed by atoms with Gasteiger partial charge in [-0.25, -0.2) is 4.98 Å². The van der Waals surface area contributed by atoms with E-state index in [0.29, 0.717) is 24.1 Å². The van der Waals surface area contributed by atoms with Crippen LogP contribution in [0.5, 0.6) is 5.88 Å². The average Bonchev–Trinajstić information content (AvgIpc) is 3.16. The third-order valence-electron chi connectivity index (χ3n) is 3.20. The molecule has 98 valence electrons. The summed E-state index contributed by atoms with van der Waals surface area (Å²) in [4.78, 5) is 16.1. The first kappa shape index (κ1) is 12.8. The van der Waals surface area contributed by atoms with E-state index in [0.717, 1.165) is 12.8 Å². The molecule has 1 saturated carbocycles. The van der Waals surface area contributed by atoms with Crippen LogP contribution in [0.2, 0.25) is 0 Å². The zero-order valence-electron chi connectivity index (χ0n) is 10.8. The van der Waals surface area contributed by atoms with Crippen LogP contribution in [0, 0.1) is 5.92 Å². The fraction of sp³-hybridized carbons (Fsp3) is 0.538. The molecule has 5 heteroatoms. The number of nitrogens with zero attached hydrogens (tertiary/aromatic N) is 1. The molecule has 1 atom stereocenters. The number of hydrogen-bond acceptors (Lipinski definition) is 4. The molecule has 1 aromatic heterocycles. The highest BCUT2D eigenvalue weighted by Gasteiger charge is 2.44. The Morgan fingerprint density at radius 2 is 2.33 bits per heavy atom. The van der Waals surface area contributed by atoms with Gasteiger partial charge in [-0.15, -0.1) is 0 Å². The number of rotatable bonds is 5. The summed E-state index contributed by atoms with van der Waals surface area (Å²) in [6.45, 7) is 4.25. The fourth-order valence-corrected chi connectivity index (χ4v) is 1.82. The van der Waals surface area contributed by atoms with Crippen molar-refractivity contribution in [2.45, 2.75) is 32.2 Å². The van der Waals surface area contributed by atoms with Gasteiger partial charge in [0.1, 0.15) is 0 Å². The monoisotopic (exact) mass is 249 g/mol. The molecule has 3 N–H and O–H groups in total. The Morgan fingerprint density at radius 1 is 1.61 bits per heavy atom. The number of anilines is 1. The molecule has 1 unspecified atom stereocenters. The van der Waals surface area contributed by atoms with E-state index in [1.807, 2.05) is 6.92 Å². The largest absolute Gasteiger partial charge is 0.478 e. The van der Waals surface area contributed by atoms with E-state index in [4.69, 9.17) is 10.5 Å². The van der Waals surface area contributed by atoms with Crippen molar-refractivity contribution in [1.29, 1.82) is 0 Å². The second-order valence-corrected chi connectivity index (χ2v) is 4.83. The molecule has 0 radical (unpaired) electrons. The van der Waals surface area contributed by atoms with Crippen molar-refractivity contribution in [3.63, 3.8) is 0 Å². The molecule has 1 heterocycles. The van der Waals surface area contributed by atoms with Gasteiger partial charge in [0.05, 0.1) is 24.0 Å². The van der Waals surface area contributed by atoms with Crippen LogP contribution in [0.25, 0.3) is 0 Å². The topological polar surface area (TPSA) is 77.2 Å². The second-order valence-electron chi connectivity index (χ2n) is 4.83. The molecular weight excluding hydrogens is 230 g/mol. The zero-order valence-corrected chi connectivity index (χ0v) is 10.8. The van der Waals surface area contributed by atoms with Crippen LogP contribution in [0.15, 0.2) is 18.3 Å². The summed E-state index contributed by atoms with van der Waals surface area (Å²) in [5.41, 5.74) is 5.88. The van der Waals surface area contributed by atoms with Gasteiger partial charge >= 0.3 is 0 Å². The van der Waals surface area contributed by atoms with Crippen molar-refractivity contribution in [2.24, 2.45) is 11.7 Å². The van der Waals surface area contributed by atoms with Crippen LogP contribution in [0.3, 0.4) is 0 Å². The number of carbonyl (C=O) groups excluding carboxylic acids is 1. The summed E-state index contributed by atoms with van der Waals surface area (Å²) in [6, 6.07) is 3.49.